The number of anilines is 2. The van der Waals surface area contributed by atoms with Crippen molar-refractivity contribution in [2.24, 2.45) is 0 Å². The van der Waals surface area contributed by atoms with E-state index < -0.39 is 33.9 Å². The van der Waals surface area contributed by atoms with Gasteiger partial charge >= 0.3 is 0 Å². The standard InChI is InChI=1S/C46H56N2O6S/c1-27-23-31(47-41(51)39(49)29-11-15-33-35(25-29)45(7,8)21-19-43(33,3)4)13-17-37(27)55(53,54)38-18-14-32(24-28(38)2)48-42(52)40(50)30-12-16-34-36(26-30)46(9,10)22-20-44(34,5)6/h11-18,23-26,39-40,49-50H,19-22H2,1-10H3,(H,47,51)(H,48,52). The van der Waals surface area contributed by atoms with E-state index in [1.165, 1.54) is 35.4 Å². The Morgan fingerprint density at radius 1 is 0.527 bits per heavy atom. The highest BCUT2D eigenvalue weighted by Gasteiger charge is 2.39. The molecule has 2 unspecified atom stereocenters. The van der Waals surface area contributed by atoms with Crippen LogP contribution < -0.4 is 10.6 Å². The van der Waals surface area contributed by atoms with Crippen LogP contribution in [0.1, 0.15) is 138 Å². The Morgan fingerprint density at radius 2 is 0.855 bits per heavy atom. The molecule has 4 N–H and O–H groups in total. The summed E-state index contributed by atoms with van der Waals surface area (Å²) in [5.41, 5.74) is 7.17. The summed E-state index contributed by atoms with van der Waals surface area (Å²) in [7, 11) is -3.99. The van der Waals surface area contributed by atoms with Gasteiger partial charge in [0.2, 0.25) is 9.84 Å². The molecule has 6 rings (SSSR count). The average Bonchev–Trinajstić information content (AvgIpc) is 3.11. The van der Waals surface area contributed by atoms with Crippen LogP contribution in [0.4, 0.5) is 11.4 Å². The van der Waals surface area contributed by atoms with E-state index in [4.69, 9.17) is 0 Å². The lowest BCUT2D eigenvalue weighted by atomic mass is 9.63. The molecule has 0 saturated carbocycles. The Kier molecular flexibility index (Phi) is 10.3. The first-order valence-corrected chi connectivity index (χ1v) is 20.7. The number of nitrogens with one attached hydrogen (secondary N) is 2. The van der Waals surface area contributed by atoms with Crippen molar-refractivity contribution in [2.45, 2.75) is 139 Å². The normalized spacial score (nSPS) is 19.0. The fourth-order valence-electron chi connectivity index (χ4n) is 8.45. The van der Waals surface area contributed by atoms with E-state index in [9.17, 15) is 28.2 Å². The van der Waals surface area contributed by atoms with Crippen molar-refractivity contribution in [3.05, 3.63) is 117 Å². The number of aryl methyl sites for hydroxylation is 2. The van der Waals surface area contributed by atoms with Crippen molar-refractivity contribution in [2.75, 3.05) is 10.6 Å². The van der Waals surface area contributed by atoms with E-state index in [0.29, 0.717) is 33.6 Å². The van der Waals surface area contributed by atoms with Crippen molar-refractivity contribution >= 4 is 33.0 Å². The number of fused-ring (bicyclic) bond motifs is 2. The quantitative estimate of drug-likeness (QED) is 0.142. The minimum Gasteiger partial charge on any atom is -0.378 e. The summed E-state index contributed by atoms with van der Waals surface area (Å²) in [6.07, 6.45) is 1.31. The van der Waals surface area contributed by atoms with Crippen LogP contribution in [0, 0.1) is 13.8 Å². The third kappa shape index (κ3) is 7.63. The van der Waals surface area contributed by atoms with E-state index in [2.05, 4.69) is 66.0 Å². The van der Waals surface area contributed by atoms with Gasteiger partial charge in [0.15, 0.2) is 12.2 Å². The van der Waals surface area contributed by atoms with Gasteiger partial charge in [0.1, 0.15) is 0 Å². The molecule has 0 saturated heterocycles. The maximum absolute atomic E-state index is 13.9. The van der Waals surface area contributed by atoms with Crippen LogP contribution in [-0.2, 0) is 41.1 Å². The highest BCUT2D eigenvalue weighted by Crippen LogP contribution is 2.48. The Morgan fingerprint density at radius 3 is 1.18 bits per heavy atom. The molecule has 0 radical (unpaired) electrons. The first-order chi connectivity index (χ1) is 25.4. The molecule has 292 valence electrons. The minimum absolute atomic E-state index is 0.00852. The number of hydrogen-bond donors (Lipinski definition) is 4. The summed E-state index contributed by atoms with van der Waals surface area (Å²) >= 11 is 0. The van der Waals surface area contributed by atoms with Crippen molar-refractivity contribution in [3.8, 4) is 0 Å². The molecule has 0 spiro atoms. The van der Waals surface area contributed by atoms with E-state index in [1.807, 2.05) is 36.4 Å². The Hall–Kier alpha value is -4.31. The molecule has 4 aromatic carbocycles. The predicted octanol–water partition coefficient (Wildman–Crippen LogP) is 9.18. The molecule has 0 bridgehead atoms. The largest absolute Gasteiger partial charge is 0.378 e. The molecule has 8 nitrogen and oxygen atoms in total. The molecular weight excluding hydrogens is 709 g/mol. The fraction of sp³-hybridized carbons (Fsp3) is 0.435. The molecular formula is C46H56N2O6S. The number of sulfone groups is 1. The summed E-state index contributed by atoms with van der Waals surface area (Å²) < 4.78 is 27.8. The summed E-state index contributed by atoms with van der Waals surface area (Å²) in [6, 6.07) is 20.6. The first-order valence-electron chi connectivity index (χ1n) is 19.2. The second-order valence-electron chi connectivity index (χ2n) is 18.4. The molecule has 2 aliphatic carbocycles. The van der Waals surface area contributed by atoms with Crippen molar-refractivity contribution in [3.63, 3.8) is 0 Å². The second-order valence-corrected chi connectivity index (χ2v) is 20.3. The van der Waals surface area contributed by atoms with Crippen LogP contribution in [0.15, 0.2) is 82.6 Å². The molecule has 4 aromatic rings. The number of benzene rings is 4. The smallest absolute Gasteiger partial charge is 0.257 e. The molecule has 9 heteroatoms. The lowest BCUT2D eigenvalue weighted by Crippen LogP contribution is -2.34. The van der Waals surface area contributed by atoms with Crippen LogP contribution in [0.3, 0.4) is 0 Å². The lowest BCUT2D eigenvalue weighted by Gasteiger charge is -2.42. The van der Waals surface area contributed by atoms with E-state index in [1.54, 1.807) is 26.0 Å². The zero-order valence-corrected chi connectivity index (χ0v) is 34.7. The summed E-state index contributed by atoms with van der Waals surface area (Å²) in [4.78, 5) is 26.6. The maximum atomic E-state index is 13.9. The van der Waals surface area contributed by atoms with Crippen molar-refractivity contribution in [1.29, 1.82) is 0 Å². The topological polar surface area (TPSA) is 133 Å². The number of hydrogen-bond acceptors (Lipinski definition) is 6. The highest BCUT2D eigenvalue weighted by atomic mass is 32.2. The number of aliphatic hydroxyl groups excluding tert-OH is 2. The number of carbonyl (C=O) groups excluding carboxylic acids is 2. The van der Waals surface area contributed by atoms with Crippen LogP contribution in [-0.4, -0.2) is 30.4 Å². The van der Waals surface area contributed by atoms with Crippen LogP contribution in [0.25, 0.3) is 0 Å². The zero-order valence-electron chi connectivity index (χ0n) is 33.8. The van der Waals surface area contributed by atoms with Crippen molar-refractivity contribution in [1.82, 2.24) is 0 Å². The van der Waals surface area contributed by atoms with E-state index in [-0.39, 0.29) is 31.5 Å². The molecule has 2 atom stereocenters. The number of carbonyl (C=O) groups is 2. The van der Waals surface area contributed by atoms with Gasteiger partial charge in [0, 0.05) is 11.4 Å². The molecule has 0 aromatic heterocycles. The molecule has 0 fully saturated rings. The predicted molar refractivity (Wildman–Crippen MR) is 218 cm³/mol. The van der Waals surface area contributed by atoms with Gasteiger partial charge < -0.3 is 20.8 Å². The van der Waals surface area contributed by atoms with Crippen LogP contribution >= 0.6 is 0 Å². The third-order valence-electron chi connectivity index (χ3n) is 12.3. The van der Waals surface area contributed by atoms with Gasteiger partial charge in [-0.3, -0.25) is 9.59 Å². The van der Waals surface area contributed by atoms with Gasteiger partial charge in [-0.1, -0.05) is 91.8 Å². The van der Waals surface area contributed by atoms with Gasteiger partial charge in [0.05, 0.1) is 9.79 Å². The van der Waals surface area contributed by atoms with Gasteiger partial charge in [-0.15, -0.1) is 0 Å². The van der Waals surface area contributed by atoms with Crippen LogP contribution in [0.2, 0.25) is 0 Å². The maximum Gasteiger partial charge on any atom is 0.257 e. The number of rotatable bonds is 8. The average molecular weight is 765 g/mol. The van der Waals surface area contributed by atoms with Gasteiger partial charge in [0.25, 0.3) is 11.8 Å². The zero-order chi connectivity index (χ0) is 40.5. The monoisotopic (exact) mass is 764 g/mol. The number of aliphatic hydroxyl groups is 2. The molecule has 0 heterocycles. The first kappa shape index (κ1) is 40.4. The number of amides is 2. The summed E-state index contributed by atoms with van der Waals surface area (Å²) in [6.45, 7) is 20.9. The van der Waals surface area contributed by atoms with Gasteiger partial charge in [-0.25, -0.2) is 8.42 Å². The second kappa shape index (κ2) is 14.0. The summed E-state index contributed by atoms with van der Waals surface area (Å²) in [5, 5.41) is 27.7. The fourth-order valence-corrected chi connectivity index (χ4v) is 10.1. The Labute approximate surface area is 326 Å². The minimum atomic E-state index is -3.99. The van der Waals surface area contributed by atoms with E-state index >= 15 is 0 Å². The van der Waals surface area contributed by atoms with Gasteiger partial charge in [-0.2, -0.15) is 0 Å². The lowest BCUT2D eigenvalue weighted by molar-refractivity contribution is -0.124. The van der Waals surface area contributed by atoms with E-state index in [0.717, 1.165) is 36.8 Å². The molecule has 2 amide bonds. The van der Waals surface area contributed by atoms with Crippen molar-refractivity contribution < 1.29 is 28.2 Å². The molecule has 55 heavy (non-hydrogen) atoms. The highest BCUT2D eigenvalue weighted by molar-refractivity contribution is 7.91. The Balaban J connectivity index is 1.15. The third-order valence-corrected chi connectivity index (χ3v) is 14.4. The summed E-state index contributed by atoms with van der Waals surface area (Å²) in [5.74, 6) is -1.22. The van der Waals surface area contributed by atoms with Crippen LogP contribution in [0.5, 0.6) is 0 Å². The molecule has 2 aliphatic rings. The SMILES string of the molecule is Cc1cc(NC(=O)C(O)c2ccc3c(c2)C(C)(C)CCC3(C)C)ccc1S(=O)(=O)c1ccc(NC(=O)C(O)c2ccc3c(c2)C(C)(C)CCC3(C)C)cc1C. The molecule has 0 aliphatic heterocycles. The Bertz CT molecular complexity index is 2150. The van der Waals surface area contributed by atoms with Gasteiger partial charge in [-0.05, 0) is 142 Å².